The van der Waals surface area contributed by atoms with Crippen molar-refractivity contribution in [3.8, 4) is 22.8 Å². The fourth-order valence-corrected chi connectivity index (χ4v) is 3.70. The number of unbranched alkanes of at least 4 members (excludes halogenated alkanes) is 3. The first-order valence-corrected chi connectivity index (χ1v) is 10.5. The van der Waals surface area contributed by atoms with Crippen LogP contribution in [0.1, 0.15) is 38.2 Å². The van der Waals surface area contributed by atoms with Crippen LogP contribution in [0.5, 0.6) is 5.75 Å². The maximum atomic E-state index is 6.06. The van der Waals surface area contributed by atoms with Gasteiger partial charge in [-0.2, -0.15) is 0 Å². The third kappa shape index (κ3) is 4.19. The van der Waals surface area contributed by atoms with Gasteiger partial charge in [-0.25, -0.2) is 4.98 Å². The van der Waals surface area contributed by atoms with E-state index in [1.807, 2.05) is 12.1 Å². The predicted molar refractivity (Wildman–Crippen MR) is 121 cm³/mol. The van der Waals surface area contributed by atoms with Crippen LogP contribution in [0.25, 0.3) is 28.1 Å². The maximum absolute atomic E-state index is 6.06. The van der Waals surface area contributed by atoms with Crippen molar-refractivity contribution >= 4 is 11.0 Å². The van der Waals surface area contributed by atoms with E-state index in [4.69, 9.17) is 9.72 Å². The molecule has 0 saturated carbocycles. The van der Waals surface area contributed by atoms with E-state index in [1.165, 1.54) is 24.8 Å². The standard InChI is InChI=1S/C26H28N2O/c1-3-4-5-11-18-29-22-16-17-23-25(19-22)28(24-15-10-9-12-20(24)2)26(27-23)21-13-7-6-8-14-21/h6-10,12-17,19H,3-5,11,18H2,1-2H3. The lowest BCUT2D eigenvalue weighted by Gasteiger charge is -2.13. The van der Waals surface area contributed by atoms with Gasteiger partial charge in [0.1, 0.15) is 11.6 Å². The molecule has 0 radical (unpaired) electrons. The molecule has 0 aliphatic rings. The highest BCUT2D eigenvalue weighted by Crippen LogP contribution is 2.32. The summed E-state index contributed by atoms with van der Waals surface area (Å²) in [7, 11) is 0. The molecular formula is C26H28N2O. The topological polar surface area (TPSA) is 27.1 Å². The number of aryl methyl sites for hydroxylation is 1. The number of rotatable bonds is 8. The summed E-state index contributed by atoms with van der Waals surface area (Å²) in [5.41, 5.74) is 5.52. The Labute approximate surface area is 173 Å². The molecule has 0 unspecified atom stereocenters. The molecule has 1 heterocycles. The SMILES string of the molecule is CCCCCCOc1ccc2nc(-c3ccccc3)n(-c3ccccc3C)c2c1. The lowest BCUT2D eigenvalue weighted by atomic mass is 10.1. The van der Waals surface area contributed by atoms with Gasteiger partial charge in [-0.3, -0.25) is 4.57 Å². The van der Waals surface area contributed by atoms with Crippen LogP contribution < -0.4 is 4.74 Å². The molecule has 0 aliphatic heterocycles. The average molecular weight is 385 g/mol. The van der Waals surface area contributed by atoms with Gasteiger partial charge >= 0.3 is 0 Å². The van der Waals surface area contributed by atoms with Gasteiger partial charge in [0.25, 0.3) is 0 Å². The van der Waals surface area contributed by atoms with Crippen molar-refractivity contribution in [1.29, 1.82) is 0 Å². The molecule has 4 rings (SSSR count). The fraction of sp³-hybridized carbons (Fsp3) is 0.269. The molecule has 0 saturated heterocycles. The summed E-state index contributed by atoms with van der Waals surface area (Å²) < 4.78 is 8.31. The van der Waals surface area contributed by atoms with E-state index in [1.54, 1.807) is 0 Å². The van der Waals surface area contributed by atoms with Gasteiger partial charge < -0.3 is 4.74 Å². The molecule has 0 aliphatic carbocycles. The Bertz CT molecular complexity index is 1080. The highest BCUT2D eigenvalue weighted by Gasteiger charge is 2.16. The first-order valence-electron chi connectivity index (χ1n) is 10.5. The van der Waals surface area contributed by atoms with Crippen LogP contribution in [0.3, 0.4) is 0 Å². The van der Waals surface area contributed by atoms with Crippen LogP contribution in [-0.2, 0) is 0 Å². The van der Waals surface area contributed by atoms with E-state index in [2.05, 4.69) is 79.1 Å². The number of hydrogen-bond donors (Lipinski definition) is 0. The van der Waals surface area contributed by atoms with Gasteiger partial charge in [0.2, 0.25) is 0 Å². The summed E-state index contributed by atoms with van der Waals surface area (Å²) in [6, 6.07) is 25.1. The van der Waals surface area contributed by atoms with E-state index in [0.29, 0.717) is 0 Å². The van der Waals surface area contributed by atoms with Crippen molar-refractivity contribution in [3.63, 3.8) is 0 Å². The van der Waals surface area contributed by atoms with E-state index in [9.17, 15) is 0 Å². The highest BCUT2D eigenvalue weighted by molar-refractivity contribution is 5.84. The van der Waals surface area contributed by atoms with E-state index in [0.717, 1.165) is 46.9 Å². The van der Waals surface area contributed by atoms with Gasteiger partial charge in [0.15, 0.2) is 0 Å². The van der Waals surface area contributed by atoms with Crippen LogP contribution in [0.4, 0.5) is 0 Å². The number of hydrogen-bond acceptors (Lipinski definition) is 2. The normalized spacial score (nSPS) is 11.1. The Morgan fingerprint density at radius 1 is 0.862 bits per heavy atom. The quantitative estimate of drug-likeness (QED) is 0.307. The molecule has 0 bridgehead atoms. The Morgan fingerprint density at radius 3 is 2.45 bits per heavy atom. The minimum Gasteiger partial charge on any atom is -0.494 e. The third-order valence-corrected chi connectivity index (χ3v) is 5.28. The van der Waals surface area contributed by atoms with Gasteiger partial charge in [-0.1, -0.05) is 74.7 Å². The first-order chi connectivity index (χ1) is 14.3. The molecule has 29 heavy (non-hydrogen) atoms. The lowest BCUT2D eigenvalue weighted by Crippen LogP contribution is -2.01. The maximum Gasteiger partial charge on any atom is 0.145 e. The average Bonchev–Trinajstić information content (AvgIpc) is 3.13. The van der Waals surface area contributed by atoms with Gasteiger partial charge in [0.05, 0.1) is 23.3 Å². The van der Waals surface area contributed by atoms with Crippen molar-refractivity contribution in [2.24, 2.45) is 0 Å². The van der Waals surface area contributed by atoms with Crippen LogP contribution >= 0.6 is 0 Å². The molecule has 3 aromatic carbocycles. The van der Waals surface area contributed by atoms with Crippen LogP contribution in [0.2, 0.25) is 0 Å². The Balaban J connectivity index is 1.77. The van der Waals surface area contributed by atoms with Gasteiger partial charge in [0, 0.05) is 11.6 Å². The van der Waals surface area contributed by atoms with Crippen molar-refractivity contribution in [1.82, 2.24) is 9.55 Å². The van der Waals surface area contributed by atoms with Crippen molar-refractivity contribution in [2.75, 3.05) is 6.61 Å². The Kier molecular flexibility index (Phi) is 5.95. The van der Waals surface area contributed by atoms with Crippen molar-refractivity contribution in [2.45, 2.75) is 39.5 Å². The molecule has 0 spiro atoms. The van der Waals surface area contributed by atoms with Crippen LogP contribution in [0, 0.1) is 6.92 Å². The largest absolute Gasteiger partial charge is 0.494 e. The fourth-order valence-electron chi connectivity index (χ4n) is 3.70. The summed E-state index contributed by atoms with van der Waals surface area (Å²) in [5, 5.41) is 0. The van der Waals surface area contributed by atoms with Gasteiger partial charge in [-0.15, -0.1) is 0 Å². The highest BCUT2D eigenvalue weighted by atomic mass is 16.5. The lowest BCUT2D eigenvalue weighted by molar-refractivity contribution is 0.305. The molecular weight excluding hydrogens is 356 g/mol. The molecule has 1 aromatic heterocycles. The number of ether oxygens (including phenoxy) is 1. The molecule has 0 fully saturated rings. The molecule has 3 nitrogen and oxygen atoms in total. The number of aromatic nitrogens is 2. The predicted octanol–water partition coefficient (Wildman–Crippen LogP) is 6.96. The van der Waals surface area contributed by atoms with Gasteiger partial charge in [-0.05, 0) is 37.1 Å². The molecule has 0 atom stereocenters. The number of benzene rings is 3. The summed E-state index contributed by atoms with van der Waals surface area (Å²) in [5.74, 6) is 1.86. The number of para-hydroxylation sites is 1. The molecule has 3 heteroatoms. The van der Waals surface area contributed by atoms with Crippen LogP contribution in [-0.4, -0.2) is 16.2 Å². The van der Waals surface area contributed by atoms with E-state index in [-0.39, 0.29) is 0 Å². The number of fused-ring (bicyclic) bond motifs is 1. The molecule has 0 amide bonds. The van der Waals surface area contributed by atoms with Crippen molar-refractivity contribution in [3.05, 3.63) is 78.4 Å². The summed E-state index contributed by atoms with van der Waals surface area (Å²) in [4.78, 5) is 4.97. The smallest absolute Gasteiger partial charge is 0.145 e. The number of imidazole rings is 1. The molecule has 148 valence electrons. The van der Waals surface area contributed by atoms with Crippen molar-refractivity contribution < 1.29 is 4.74 Å². The Morgan fingerprint density at radius 2 is 1.66 bits per heavy atom. The number of nitrogens with zero attached hydrogens (tertiary/aromatic N) is 2. The Hall–Kier alpha value is -3.07. The molecule has 0 N–H and O–H groups in total. The third-order valence-electron chi connectivity index (χ3n) is 5.28. The molecule has 4 aromatic rings. The second kappa shape index (κ2) is 8.95. The second-order valence-corrected chi connectivity index (χ2v) is 7.48. The summed E-state index contributed by atoms with van der Waals surface area (Å²) in [6.45, 7) is 5.13. The summed E-state index contributed by atoms with van der Waals surface area (Å²) in [6.07, 6.45) is 4.82. The first kappa shape index (κ1) is 19.3. The second-order valence-electron chi connectivity index (χ2n) is 7.48. The zero-order chi connectivity index (χ0) is 20.1. The monoisotopic (exact) mass is 384 g/mol. The zero-order valence-corrected chi connectivity index (χ0v) is 17.3. The van der Waals surface area contributed by atoms with E-state index >= 15 is 0 Å². The van der Waals surface area contributed by atoms with Crippen LogP contribution in [0.15, 0.2) is 72.8 Å². The summed E-state index contributed by atoms with van der Waals surface area (Å²) >= 11 is 0. The van der Waals surface area contributed by atoms with E-state index < -0.39 is 0 Å². The zero-order valence-electron chi connectivity index (χ0n) is 17.3. The minimum absolute atomic E-state index is 0.759. The minimum atomic E-state index is 0.759.